The van der Waals surface area contributed by atoms with Crippen LogP contribution in [-0.2, 0) is 6.54 Å². The van der Waals surface area contributed by atoms with E-state index in [0.29, 0.717) is 12.2 Å². The number of carbonyl (C=O) groups is 1. The lowest BCUT2D eigenvalue weighted by molar-refractivity contribution is 0.0946. The molecule has 3 rings (SSSR count). The summed E-state index contributed by atoms with van der Waals surface area (Å²) < 4.78 is 1.25. The van der Waals surface area contributed by atoms with Gasteiger partial charge in [-0.05, 0) is 29.3 Å². The SMILES string of the molecule is Cc1nc(C(=O)NCc2csc3ccccc23)cs1. The first-order valence-electron chi connectivity index (χ1n) is 5.89. The van der Waals surface area contributed by atoms with Crippen molar-refractivity contribution in [3.63, 3.8) is 0 Å². The Morgan fingerprint density at radius 3 is 2.89 bits per heavy atom. The topological polar surface area (TPSA) is 42.0 Å². The molecule has 96 valence electrons. The second-order valence-corrected chi connectivity index (χ2v) is 6.16. The minimum Gasteiger partial charge on any atom is -0.347 e. The molecule has 0 atom stereocenters. The first-order valence-corrected chi connectivity index (χ1v) is 7.65. The van der Waals surface area contributed by atoms with Gasteiger partial charge in [0.15, 0.2) is 0 Å². The summed E-state index contributed by atoms with van der Waals surface area (Å²) in [5, 5.41) is 8.92. The Kier molecular flexibility index (Phi) is 3.31. The van der Waals surface area contributed by atoms with Gasteiger partial charge in [0.05, 0.1) is 5.01 Å². The number of carbonyl (C=O) groups excluding carboxylic acids is 1. The highest BCUT2D eigenvalue weighted by molar-refractivity contribution is 7.17. The van der Waals surface area contributed by atoms with E-state index in [1.807, 2.05) is 19.1 Å². The monoisotopic (exact) mass is 288 g/mol. The molecule has 0 radical (unpaired) electrons. The maximum Gasteiger partial charge on any atom is 0.271 e. The molecule has 0 saturated carbocycles. The van der Waals surface area contributed by atoms with E-state index in [9.17, 15) is 4.79 Å². The third-order valence-corrected chi connectivity index (χ3v) is 4.64. The average molecular weight is 288 g/mol. The lowest BCUT2D eigenvalue weighted by Gasteiger charge is -2.02. The highest BCUT2D eigenvalue weighted by atomic mass is 32.1. The molecule has 0 aliphatic rings. The summed E-state index contributed by atoms with van der Waals surface area (Å²) in [6, 6.07) is 8.22. The van der Waals surface area contributed by atoms with Crippen LogP contribution in [-0.4, -0.2) is 10.9 Å². The molecule has 2 aromatic heterocycles. The average Bonchev–Trinajstić information content (AvgIpc) is 3.02. The molecule has 0 aliphatic heterocycles. The number of thiazole rings is 1. The van der Waals surface area contributed by atoms with Crippen LogP contribution < -0.4 is 5.32 Å². The lowest BCUT2D eigenvalue weighted by Crippen LogP contribution is -2.22. The summed E-state index contributed by atoms with van der Waals surface area (Å²) in [6.07, 6.45) is 0. The third kappa shape index (κ3) is 2.52. The largest absolute Gasteiger partial charge is 0.347 e. The van der Waals surface area contributed by atoms with Crippen molar-refractivity contribution >= 4 is 38.7 Å². The van der Waals surface area contributed by atoms with Gasteiger partial charge in [-0.2, -0.15) is 0 Å². The number of nitrogens with one attached hydrogen (secondary N) is 1. The molecule has 0 saturated heterocycles. The van der Waals surface area contributed by atoms with Gasteiger partial charge in [-0.15, -0.1) is 22.7 Å². The Morgan fingerprint density at radius 1 is 1.26 bits per heavy atom. The molecule has 3 nitrogen and oxygen atoms in total. The molecule has 0 unspecified atom stereocenters. The van der Waals surface area contributed by atoms with Gasteiger partial charge >= 0.3 is 0 Å². The van der Waals surface area contributed by atoms with Gasteiger partial charge in [-0.25, -0.2) is 4.98 Å². The number of aryl methyl sites for hydroxylation is 1. The number of thiophene rings is 1. The van der Waals surface area contributed by atoms with Crippen LogP contribution in [0.25, 0.3) is 10.1 Å². The number of benzene rings is 1. The normalized spacial score (nSPS) is 10.8. The number of hydrogen-bond donors (Lipinski definition) is 1. The van der Waals surface area contributed by atoms with Crippen LogP contribution in [0.2, 0.25) is 0 Å². The molecule has 0 spiro atoms. The van der Waals surface area contributed by atoms with E-state index in [2.05, 4.69) is 27.8 Å². The van der Waals surface area contributed by atoms with E-state index in [1.165, 1.54) is 21.4 Å². The minimum atomic E-state index is -0.111. The van der Waals surface area contributed by atoms with Crippen molar-refractivity contribution in [2.75, 3.05) is 0 Å². The van der Waals surface area contributed by atoms with Crippen LogP contribution in [0.1, 0.15) is 21.1 Å². The fourth-order valence-corrected chi connectivity index (χ4v) is 3.46. The van der Waals surface area contributed by atoms with Crippen LogP contribution in [0.4, 0.5) is 0 Å². The first-order chi connectivity index (χ1) is 9.24. The van der Waals surface area contributed by atoms with Crippen molar-refractivity contribution in [3.8, 4) is 0 Å². The van der Waals surface area contributed by atoms with E-state index < -0.39 is 0 Å². The van der Waals surface area contributed by atoms with Gasteiger partial charge in [-0.3, -0.25) is 4.79 Å². The Bertz CT molecular complexity index is 730. The van der Waals surface area contributed by atoms with Crippen molar-refractivity contribution in [2.24, 2.45) is 0 Å². The van der Waals surface area contributed by atoms with Crippen molar-refractivity contribution in [1.29, 1.82) is 0 Å². The van der Waals surface area contributed by atoms with Crippen molar-refractivity contribution in [3.05, 3.63) is 51.3 Å². The smallest absolute Gasteiger partial charge is 0.271 e. The van der Waals surface area contributed by atoms with Crippen LogP contribution in [0.15, 0.2) is 35.0 Å². The van der Waals surface area contributed by atoms with Crippen LogP contribution in [0.3, 0.4) is 0 Å². The Hall–Kier alpha value is -1.72. The molecule has 0 aliphatic carbocycles. The van der Waals surface area contributed by atoms with Gasteiger partial charge in [0.1, 0.15) is 5.69 Å². The van der Waals surface area contributed by atoms with Gasteiger partial charge in [0.25, 0.3) is 5.91 Å². The van der Waals surface area contributed by atoms with Crippen molar-refractivity contribution in [1.82, 2.24) is 10.3 Å². The second kappa shape index (κ2) is 5.11. The van der Waals surface area contributed by atoms with E-state index in [1.54, 1.807) is 16.7 Å². The summed E-state index contributed by atoms with van der Waals surface area (Å²) in [7, 11) is 0. The molecule has 1 N–H and O–H groups in total. The molecule has 0 fully saturated rings. The van der Waals surface area contributed by atoms with Gasteiger partial charge in [0, 0.05) is 16.6 Å². The molecule has 0 bridgehead atoms. The second-order valence-electron chi connectivity index (χ2n) is 4.19. The quantitative estimate of drug-likeness (QED) is 0.800. The number of amides is 1. The summed E-state index contributed by atoms with van der Waals surface area (Å²) in [5.74, 6) is -0.111. The third-order valence-electron chi connectivity index (χ3n) is 2.85. The standard InChI is InChI=1S/C14H12N2OS2/c1-9-16-12(8-18-9)14(17)15-6-10-7-19-13-5-3-2-4-11(10)13/h2-5,7-8H,6H2,1H3,(H,15,17). The maximum atomic E-state index is 11.9. The Balaban J connectivity index is 1.74. The number of rotatable bonds is 3. The predicted molar refractivity (Wildman–Crippen MR) is 79.8 cm³/mol. The zero-order chi connectivity index (χ0) is 13.2. The van der Waals surface area contributed by atoms with Crippen LogP contribution in [0.5, 0.6) is 0 Å². The maximum absolute atomic E-state index is 11.9. The van der Waals surface area contributed by atoms with E-state index in [-0.39, 0.29) is 5.91 Å². The molecule has 3 aromatic rings. The summed E-state index contributed by atoms with van der Waals surface area (Å²) in [5.41, 5.74) is 1.66. The zero-order valence-electron chi connectivity index (χ0n) is 10.3. The van der Waals surface area contributed by atoms with Crippen LogP contribution in [0, 0.1) is 6.92 Å². The van der Waals surface area contributed by atoms with E-state index in [0.717, 1.165) is 10.6 Å². The molecule has 1 aromatic carbocycles. The summed E-state index contributed by atoms with van der Waals surface area (Å²) in [4.78, 5) is 16.1. The summed E-state index contributed by atoms with van der Waals surface area (Å²) >= 11 is 3.19. The Labute approximate surface area is 118 Å². The first kappa shape index (κ1) is 12.3. The van der Waals surface area contributed by atoms with E-state index >= 15 is 0 Å². The molecule has 19 heavy (non-hydrogen) atoms. The van der Waals surface area contributed by atoms with Gasteiger partial charge < -0.3 is 5.32 Å². The fourth-order valence-electron chi connectivity index (χ4n) is 1.90. The molecule has 2 heterocycles. The number of fused-ring (bicyclic) bond motifs is 1. The van der Waals surface area contributed by atoms with Crippen molar-refractivity contribution in [2.45, 2.75) is 13.5 Å². The highest BCUT2D eigenvalue weighted by Gasteiger charge is 2.10. The number of hydrogen-bond acceptors (Lipinski definition) is 4. The lowest BCUT2D eigenvalue weighted by atomic mass is 10.2. The number of nitrogens with zero attached hydrogens (tertiary/aromatic N) is 1. The Morgan fingerprint density at radius 2 is 2.11 bits per heavy atom. The predicted octanol–water partition coefficient (Wildman–Crippen LogP) is 3.60. The van der Waals surface area contributed by atoms with Crippen LogP contribution >= 0.6 is 22.7 Å². The van der Waals surface area contributed by atoms with E-state index in [4.69, 9.17) is 0 Å². The highest BCUT2D eigenvalue weighted by Crippen LogP contribution is 2.25. The zero-order valence-corrected chi connectivity index (χ0v) is 12.0. The minimum absolute atomic E-state index is 0.111. The van der Waals surface area contributed by atoms with Gasteiger partial charge in [0.2, 0.25) is 0 Å². The molecule has 1 amide bonds. The summed E-state index contributed by atoms with van der Waals surface area (Å²) in [6.45, 7) is 2.44. The van der Waals surface area contributed by atoms with Gasteiger partial charge in [-0.1, -0.05) is 18.2 Å². The molecule has 5 heteroatoms. The fraction of sp³-hybridized carbons (Fsp3) is 0.143. The molecular formula is C14H12N2OS2. The van der Waals surface area contributed by atoms with Crippen molar-refractivity contribution < 1.29 is 4.79 Å². The number of aromatic nitrogens is 1. The molecular weight excluding hydrogens is 276 g/mol.